The van der Waals surface area contributed by atoms with Crippen molar-refractivity contribution in [2.75, 3.05) is 28.3 Å². The van der Waals surface area contributed by atoms with Crippen LogP contribution in [0.3, 0.4) is 0 Å². The van der Waals surface area contributed by atoms with Gasteiger partial charge in [-0.3, -0.25) is 9.59 Å². The number of carbonyl (C=O) groups excluding carboxylic acids is 2. The lowest BCUT2D eigenvalue weighted by atomic mass is 9.99. The molecule has 9 heteroatoms. The summed E-state index contributed by atoms with van der Waals surface area (Å²) in [4.78, 5) is 42.9. The number of nitrogens with one attached hydrogen (secondary N) is 1. The van der Waals surface area contributed by atoms with Gasteiger partial charge in [0.25, 0.3) is 0 Å². The summed E-state index contributed by atoms with van der Waals surface area (Å²) in [5.41, 5.74) is 5.07. The first-order valence-corrected chi connectivity index (χ1v) is 13.4. The van der Waals surface area contributed by atoms with Crippen LogP contribution in [-0.2, 0) is 9.59 Å². The van der Waals surface area contributed by atoms with Crippen LogP contribution < -0.4 is 19.9 Å². The van der Waals surface area contributed by atoms with Crippen molar-refractivity contribution in [3.05, 3.63) is 48.4 Å². The van der Waals surface area contributed by atoms with E-state index in [-0.39, 0.29) is 29.2 Å². The highest BCUT2D eigenvalue weighted by Gasteiger charge is 2.61. The summed E-state index contributed by atoms with van der Waals surface area (Å²) in [5.74, 6) is 1.52. The molecule has 9 nitrogen and oxygen atoms in total. The minimum atomic E-state index is -0.174. The lowest BCUT2D eigenvalue weighted by Gasteiger charge is -2.31. The molecule has 2 saturated heterocycles. The molecule has 1 spiro atoms. The predicted molar refractivity (Wildman–Crippen MR) is 144 cm³/mol. The highest BCUT2D eigenvalue weighted by Crippen LogP contribution is 2.58. The number of pyridine rings is 1. The van der Waals surface area contributed by atoms with Gasteiger partial charge in [-0.05, 0) is 55.4 Å². The average molecular weight is 511 g/mol. The molecule has 1 N–H and O–H groups in total. The molecule has 3 fully saturated rings. The monoisotopic (exact) mass is 510 g/mol. The zero-order valence-corrected chi connectivity index (χ0v) is 21.6. The second-order valence-corrected chi connectivity index (χ2v) is 11.1. The summed E-state index contributed by atoms with van der Waals surface area (Å²) in [7, 11) is 0. The molecule has 0 unspecified atom stereocenters. The van der Waals surface area contributed by atoms with Gasteiger partial charge in [0.2, 0.25) is 23.6 Å². The standard InChI is InChI=1S/C29H30N6O3/c1-17(2)25-22(18-5-7-20(8-6-18)34-11-3-4-24(34)36)15-31-28(33-25)32-19-12-23-26(30-14-19)38-16-21-13-29(9-10-29)27(37)35(21)23/h5-8,12,14-15,17,21H,3-4,9-11,13,16H2,1-2H3,(H,31,32,33)/t21-/m0/s1. The van der Waals surface area contributed by atoms with E-state index < -0.39 is 0 Å². The van der Waals surface area contributed by atoms with Crippen molar-refractivity contribution in [1.29, 1.82) is 0 Å². The second-order valence-electron chi connectivity index (χ2n) is 11.1. The van der Waals surface area contributed by atoms with Gasteiger partial charge in [0, 0.05) is 30.4 Å². The molecule has 3 aromatic rings. The first-order chi connectivity index (χ1) is 18.4. The lowest BCUT2D eigenvalue weighted by Crippen LogP contribution is -2.41. The minimum Gasteiger partial charge on any atom is -0.474 e. The highest BCUT2D eigenvalue weighted by atomic mass is 16.5. The first kappa shape index (κ1) is 23.1. The maximum atomic E-state index is 13.1. The van der Waals surface area contributed by atoms with Gasteiger partial charge in [0.05, 0.1) is 29.0 Å². The third-order valence-corrected chi connectivity index (χ3v) is 8.21. The van der Waals surface area contributed by atoms with Crippen LogP contribution in [0.25, 0.3) is 11.1 Å². The Kier molecular flexibility index (Phi) is 5.18. The zero-order chi connectivity index (χ0) is 26.0. The fraction of sp³-hybridized carbons (Fsp3) is 0.414. The molecular weight excluding hydrogens is 480 g/mol. The molecule has 0 radical (unpaired) electrons. The largest absolute Gasteiger partial charge is 0.474 e. The molecular formula is C29H30N6O3. The van der Waals surface area contributed by atoms with E-state index in [4.69, 9.17) is 9.72 Å². The van der Waals surface area contributed by atoms with Crippen molar-refractivity contribution in [2.24, 2.45) is 5.41 Å². The minimum absolute atomic E-state index is 0.0765. The Morgan fingerprint density at radius 1 is 1.11 bits per heavy atom. The Balaban J connectivity index is 1.15. The van der Waals surface area contributed by atoms with E-state index in [0.29, 0.717) is 30.5 Å². The molecule has 7 rings (SSSR count). The topological polar surface area (TPSA) is 101 Å². The molecule has 2 amide bonds. The quantitative estimate of drug-likeness (QED) is 0.526. The average Bonchev–Trinajstić information content (AvgIpc) is 3.49. The second kappa shape index (κ2) is 8.51. The van der Waals surface area contributed by atoms with Gasteiger partial charge in [-0.25, -0.2) is 15.0 Å². The van der Waals surface area contributed by atoms with E-state index in [9.17, 15) is 9.59 Å². The Hall–Kier alpha value is -4.01. The number of hydrogen-bond donors (Lipinski definition) is 1. The summed E-state index contributed by atoms with van der Waals surface area (Å²) in [5, 5.41) is 3.29. The molecule has 38 heavy (non-hydrogen) atoms. The Morgan fingerprint density at radius 2 is 1.92 bits per heavy atom. The lowest BCUT2D eigenvalue weighted by molar-refractivity contribution is -0.121. The number of amides is 2. The first-order valence-electron chi connectivity index (χ1n) is 13.4. The molecule has 1 saturated carbocycles. The van der Waals surface area contributed by atoms with Crippen LogP contribution in [0.4, 0.5) is 23.0 Å². The molecule has 1 aliphatic carbocycles. The molecule has 1 atom stereocenters. The van der Waals surface area contributed by atoms with Crippen molar-refractivity contribution in [2.45, 2.75) is 57.9 Å². The number of ether oxygens (including phenoxy) is 1. The van der Waals surface area contributed by atoms with Crippen LogP contribution in [0, 0.1) is 5.41 Å². The van der Waals surface area contributed by atoms with Crippen LogP contribution in [0.1, 0.15) is 57.6 Å². The summed E-state index contributed by atoms with van der Waals surface area (Å²) < 4.78 is 5.89. The van der Waals surface area contributed by atoms with Gasteiger partial charge in [0.15, 0.2) is 0 Å². The number of rotatable bonds is 5. The number of carbonyl (C=O) groups is 2. The molecule has 5 heterocycles. The number of nitrogens with zero attached hydrogens (tertiary/aromatic N) is 5. The maximum absolute atomic E-state index is 13.1. The van der Waals surface area contributed by atoms with Gasteiger partial charge in [0.1, 0.15) is 12.3 Å². The summed E-state index contributed by atoms with van der Waals surface area (Å²) >= 11 is 0. The van der Waals surface area contributed by atoms with Gasteiger partial charge in [-0.15, -0.1) is 0 Å². The molecule has 1 aromatic carbocycles. The van der Waals surface area contributed by atoms with E-state index in [1.54, 1.807) is 6.20 Å². The zero-order valence-electron chi connectivity index (χ0n) is 21.6. The highest BCUT2D eigenvalue weighted by molar-refractivity contribution is 6.04. The maximum Gasteiger partial charge on any atom is 0.238 e. The summed E-state index contributed by atoms with van der Waals surface area (Å²) in [6, 6.07) is 10.0. The number of anilines is 4. The Morgan fingerprint density at radius 3 is 2.63 bits per heavy atom. The smallest absolute Gasteiger partial charge is 0.238 e. The summed E-state index contributed by atoms with van der Waals surface area (Å²) in [6.07, 6.45) is 7.85. The van der Waals surface area contributed by atoms with Crippen molar-refractivity contribution in [1.82, 2.24) is 15.0 Å². The van der Waals surface area contributed by atoms with Crippen molar-refractivity contribution >= 4 is 34.8 Å². The Labute approximate surface area is 221 Å². The van der Waals surface area contributed by atoms with Crippen LogP contribution >= 0.6 is 0 Å². The van der Waals surface area contributed by atoms with Crippen LogP contribution in [0.2, 0.25) is 0 Å². The van der Waals surface area contributed by atoms with Crippen LogP contribution in [0.5, 0.6) is 5.88 Å². The third-order valence-electron chi connectivity index (χ3n) is 8.21. The van der Waals surface area contributed by atoms with E-state index in [1.807, 2.05) is 46.3 Å². The van der Waals surface area contributed by atoms with Crippen LogP contribution in [0.15, 0.2) is 42.7 Å². The normalized spacial score (nSPS) is 21.1. The van der Waals surface area contributed by atoms with E-state index >= 15 is 0 Å². The number of benzene rings is 1. The fourth-order valence-corrected chi connectivity index (χ4v) is 6.02. The van der Waals surface area contributed by atoms with Crippen molar-refractivity contribution in [3.8, 4) is 17.0 Å². The van der Waals surface area contributed by atoms with E-state index in [2.05, 4.69) is 29.1 Å². The number of fused-ring (bicyclic) bond motifs is 3. The van der Waals surface area contributed by atoms with Crippen molar-refractivity contribution in [3.63, 3.8) is 0 Å². The fourth-order valence-electron chi connectivity index (χ4n) is 6.02. The number of hydrogen-bond acceptors (Lipinski definition) is 7. The van der Waals surface area contributed by atoms with Gasteiger partial charge >= 0.3 is 0 Å². The Bertz CT molecular complexity index is 1450. The predicted octanol–water partition coefficient (Wildman–Crippen LogP) is 4.81. The molecule has 2 aromatic heterocycles. The molecule has 194 valence electrons. The van der Waals surface area contributed by atoms with Gasteiger partial charge in [-0.1, -0.05) is 26.0 Å². The number of aromatic nitrogens is 3. The van der Waals surface area contributed by atoms with E-state index in [1.165, 1.54) is 0 Å². The third kappa shape index (κ3) is 3.71. The SMILES string of the molecule is CC(C)c1nc(Nc2cnc3c(c2)N2C(=O)C4(CC4)C[C@H]2CO3)ncc1-c1ccc(N2CCCC2=O)cc1. The molecule has 0 bridgehead atoms. The molecule has 3 aliphatic heterocycles. The van der Waals surface area contributed by atoms with Gasteiger partial charge in [-0.2, -0.15) is 0 Å². The molecule has 4 aliphatic rings. The van der Waals surface area contributed by atoms with Gasteiger partial charge < -0.3 is 19.9 Å². The van der Waals surface area contributed by atoms with Crippen LogP contribution in [-0.4, -0.2) is 46.0 Å². The van der Waals surface area contributed by atoms with Crippen molar-refractivity contribution < 1.29 is 14.3 Å². The summed E-state index contributed by atoms with van der Waals surface area (Å²) in [6.45, 7) is 5.49. The van der Waals surface area contributed by atoms with E-state index in [0.717, 1.165) is 60.4 Å².